The van der Waals surface area contributed by atoms with Crippen molar-refractivity contribution < 1.29 is 19.0 Å². The standard InChI is InChI=1S/C25H25FN2O3/c1-28(22-15-18(5-10-23(22)31-2)16-11-13-27-14-12-16)21-9-8-20(25(29)30)24(21)17-3-6-19(26)7-4-17/h3-7,10-15,20-21,24H,8-9H2,1-2H3,(H,29,30). The summed E-state index contributed by atoms with van der Waals surface area (Å²) in [4.78, 5) is 18.2. The number of carboxylic acids is 1. The number of halogens is 1. The molecule has 5 nitrogen and oxygen atoms in total. The maximum atomic E-state index is 13.5. The first-order valence-electron chi connectivity index (χ1n) is 10.3. The van der Waals surface area contributed by atoms with Crippen molar-refractivity contribution in [2.75, 3.05) is 19.1 Å². The van der Waals surface area contributed by atoms with E-state index in [0.29, 0.717) is 6.42 Å². The van der Waals surface area contributed by atoms with Gasteiger partial charge >= 0.3 is 5.97 Å². The largest absolute Gasteiger partial charge is 0.495 e. The van der Waals surface area contributed by atoms with E-state index in [0.717, 1.165) is 34.5 Å². The number of aromatic nitrogens is 1. The van der Waals surface area contributed by atoms with Crippen LogP contribution in [0.15, 0.2) is 67.0 Å². The lowest BCUT2D eigenvalue weighted by molar-refractivity contribution is -0.142. The predicted octanol–water partition coefficient (Wildman–Crippen LogP) is 4.98. The van der Waals surface area contributed by atoms with Crippen molar-refractivity contribution in [3.8, 4) is 16.9 Å². The summed E-state index contributed by atoms with van der Waals surface area (Å²) in [7, 11) is 3.60. The zero-order valence-corrected chi connectivity index (χ0v) is 17.5. The quantitative estimate of drug-likeness (QED) is 0.609. The van der Waals surface area contributed by atoms with Gasteiger partial charge < -0.3 is 14.7 Å². The van der Waals surface area contributed by atoms with Gasteiger partial charge in [-0.2, -0.15) is 0 Å². The first kappa shape index (κ1) is 20.8. The number of nitrogens with zero attached hydrogens (tertiary/aromatic N) is 2. The highest BCUT2D eigenvalue weighted by Gasteiger charge is 2.43. The van der Waals surface area contributed by atoms with E-state index < -0.39 is 11.9 Å². The highest BCUT2D eigenvalue weighted by molar-refractivity contribution is 5.75. The number of hydrogen-bond donors (Lipinski definition) is 1. The summed E-state index contributed by atoms with van der Waals surface area (Å²) >= 11 is 0. The lowest BCUT2D eigenvalue weighted by atomic mass is 9.86. The molecule has 31 heavy (non-hydrogen) atoms. The summed E-state index contributed by atoms with van der Waals surface area (Å²) in [5, 5.41) is 9.84. The Labute approximate surface area is 181 Å². The van der Waals surface area contributed by atoms with E-state index in [-0.39, 0.29) is 17.8 Å². The third-order valence-electron chi connectivity index (χ3n) is 6.26. The molecule has 1 aliphatic carbocycles. The lowest BCUT2D eigenvalue weighted by Gasteiger charge is -2.34. The van der Waals surface area contributed by atoms with E-state index in [1.807, 2.05) is 31.3 Å². The van der Waals surface area contributed by atoms with Crippen molar-refractivity contribution in [3.05, 3.63) is 78.4 Å². The second-order valence-electron chi connectivity index (χ2n) is 7.90. The zero-order chi connectivity index (χ0) is 22.0. The molecule has 1 aliphatic rings. The van der Waals surface area contributed by atoms with Crippen molar-refractivity contribution in [3.63, 3.8) is 0 Å². The van der Waals surface area contributed by atoms with Gasteiger partial charge in [-0.05, 0) is 65.9 Å². The Morgan fingerprint density at radius 3 is 2.42 bits per heavy atom. The fraction of sp³-hybridized carbons (Fsp3) is 0.280. The van der Waals surface area contributed by atoms with Crippen LogP contribution in [0.3, 0.4) is 0 Å². The van der Waals surface area contributed by atoms with Gasteiger partial charge in [0.25, 0.3) is 0 Å². The Kier molecular flexibility index (Phi) is 5.89. The van der Waals surface area contributed by atoms with E-state index in [1.165, 1.54) is 12.1 Å². The summed E-state index contributed by atoms with van der Waals surface area (Å²) in [5.74, 6) is -1.20. The minimum Gasteiger partial charge on any atom is -0.495 e. The maximum absolute atomic E-state index is 13.5. The van der Waals surface area contributed by atoms with E-state index in [4.69, 9.17) is 4.74 Å². The number of benzene rings is 2. The number of hydrogen-bond acceptors (Lipinski definition) is 4. The number of pyridine rings is 1. The number of carbonyl (C=O) groups is 1. The fourth-order valence-electron chi connectivity index (χ4n) is 4.70. The summed E-state index contributed by atoms with van der Waals surface area (Å²) < 4.78 is 19.1. The Morgan fingerprint density at radius 2 is 1.77 bits per heavy atom. The van der Waals surface area contributed by atoms with E-state index >= 15 is 0 Å². The molecule has 0 bridgehead atoms. The van der Waals surface area contributed by atoms with Gasteiger partial charge in [-0.25, -0.2) is 4.39 Å². The molecule has 0 spiro atoms. The van der Waals surface area contributed by atoms with Crippen molar-refractivity contribution in [2.24, 2.45) is 5.92 Å². The van der Waals surface area contributed by atoms with Gasteiger partial charge in [0, 0.05) is 31.4 Å². The number of methoxy groups -OCH3 is 1. The number of anilines is 1. The number of likely N-dealkylation sites (N-methyl/N-ethyl adjacent to an activating group) is 1. The van der Waals surface area contributed by atoms with Gasteiger partial charge in [0.15, 0.2) is 0 Å². The number of ether oxygens (including phenoxy) is 1. The molecule has 160 valence electrons. The Bertz CT molecular complexity index is 1060. The molecular formula is C25H25FN2O3. The van der Waals surface area contributed by atoms with E-state index in [9.17, 15) is 14.3 Å². The average molecular weight is 420 g/mol. The van der Waals surface area contributed by atoms with Gasteiger partial charge in [0.05, 0.1) is 18.7 Å². The molecule has 2 aromatic carbocycles. The monoisotopic (exact) mass is 420 g/mol. The molecule has 0 saturated heterocycles. The van der Waals surface area contributed by atoms with Crippen LogP contribution in [0.1, 0.15) is 24.3 Å². The smallest absolute Gasteiger partial charge is 0.307 e. The summed E-state index contributed by atoms with van der Waals surface area (Å²) in [6, 6.07) is 16.0. The second-order valence-corrected chi connectivity index (χ2v) is 7.90. The van der Waals surface area contributed by atoms with Gasteiger partial charge in [-0.15, -0.1) is 0 Å². The average Bonchev–Trinajstić information content (AvgIpc) is 3.25. The summed E-state index contributed by atoms with van der Waals surface area (Å²) in [6.45, 7) is 0. The number of carboxylic acid groups (broad SMARTS) is 1. The van der Waals surface area contributed by atoms with Gasteiger partial charge in [0.2, 0.25) is 0 Å². The van der Waals surface area contributed by atoms with Gasteiger partial charge in [-0.1, -0.05) is 18.2 Å². The predicted molar refractivity (Wildman–Crippen MR) is 118 cm³/mol. The second kappa shape index (κ2) is 8.76. The molecule has 0 amide bonds. The molecule has 3 atom stereocenters. The van der Waals surface area contributed by atoms with Crippen molar-refractivity contribution in [1.82, 2.24) is 4.98 Å². The minimum absolute atomic E-state index is 0.0619. The van der Waals surface area contributed by atoms with Gasteiger partial charge in [-0.3, -0.25) is 9.78 Å². The third-order valence-corrected chi connectivity index (χ3v) is 6.26. The molecule has 0 radical (unpaired) electrons. The molecular weight excluding hydrogens is 395 g/mol. The lowest BCUT2D eigenvalue weighted by Crippen LogP contribution is -2.36. The minimum atomic E-state index is -0.817. The van der Waals surface area contributed by atoms with Crippen LogP contribution in [-0.4, -0.2) is 36.3 Å². The van der Waals surface area contributed by atoms with Crippen molar-refractivity contribution in [2.45, 2.75) is 24.8 Å². The van der Waals surface area contributed by atoms with Crippen LogP contribution < -0.4 is 9.64 Å². The van der Waals surface area contributed by atoms with Crippen LogP contribution in [0.25, 0.3) is 11.1 Å². The first-order valence-corrected chi connectivity index (χ1v) is 10.3. The Morgan fingerprint density at radius 1 is 1.06 bits per heavy atom. The van der Waals surface area contributed by atoms with E-state index in [1.54, 1.807) is 31.6 Å². The fourth-order valence-corrected chi connectivity index (χ4v) is 4.70. The first-order chi connectivity index (χ1) is 15.0. The topological polar surface area (TPSA) is 62.7 Å². The Hall–Kier alpha value is -3.41. The summed E-state index contributed by atoms with van der Waals surface area (Å²) in [5.41, 5.74) is 3.79. The van der Waals surface area contributed by atoms with Crippen LogP contribution in [0.5, 0.6) is 5.75 Å². The van der Waals surface area contributed by atoms with E-state index in [2.05, 4.69) is 16.0 Å². The summed E-state index contributed by atoms with van der Waals surface area (Å²) in [6.07, 6.45) is 4.79. The molecule has 1 N–H and O–H groups in total. The highest BCUT2D eigenvalue weighted by Crippen LogP contribution is 2.45. The third kappa shape index (κ3) is 4.10. The van der Waals surface area contributed by atoms with Crippen LogP contribution >= 0.6 is 0 Å². The van der Waals surface area contributed by atoms with Crippen molar-refractivity contribution in [1.29, 1.82) is 0 Å². The van der Waals surface area contributed by atoms with Gasteiger partial charge in [0.1, 0.15) is 11.6 Å². The van der Waals surface area contributed by atoms with Crippen LogP contribution in [0, 0.1) is 11.7 Å². The molecule has 1 aromatic heterocycles. The Balaban J connectivity index is 1.74. The molecule has 0 aliphatic heterocycles. The van der Waals surface area contributed by atoms with Crippen LogP contribution in [0.4, 0.5) is 10.1 Å². The highest BCUT2D eigenvalue weighted by atomic mass is 19.1. The number of aliphatic carboxylic acids is 1. The normalized spacial score (nSPS) is 20.4. The zero-order valence-electron chi connectivity index (χ0n) is 17.5. The maximum Gasteiger partial charge on any atom is 0.307 e. The molecule has 3 unspecified atom stereocenters. The molecule has 1 heterocycles. The molecule has 3 aromatic rings. The van der Waals surface area contributed by atoms with Crippen LogP contribution in [0.2, 0.25) is 0 Å². The molecule has 1 fully saturated rings. The molecule has 4 rings (SSSR count). The molecule has 6 heteroatoms. The number of rotatable bonds is 6. The molecule has 1 saturated carbocycles. The van der Waals surface area contributed by atoms with Crippen LogP contribution in [-0.2, 0) is 4.79 Å². The SMILES string of the molecule is COc1ccc(-c2ccncc2)cc1N(C)C1CCC(C(=O)O)C1c1ccc(F)cc1. The van der Waals surface area contributed by atoms with Crippen molar-refractivity contribution >= 4 is 11.7 Å².